The maximum absolute atomic E-state index is 13.5. The highest BCUT2D eigenvalue weighted by Crippen LogP contribution is 2.21. The third-order valence-corrected chi connectivity index (χ3v) is 6.37. The number of halogens is 1. The van der Waals surface area contributed by atoms with Crippen molar-refractivity contribution in [1.29, 1.82) is 0 Å². The van der Waals surface area contributed by atoms with Crippen LogP contribution >= 0.6 is 0 Å². The number of likely N-dealkylation sites (tertiary alicyclic amines) is 1. The molecule has 0 atom stereocenters. The molecule has 1 aliphatic rings. The number of fused-ring (bicyclic) bond motifs is 2. The molecule has 1 aliphatic heterocycles. The topological polar surface area (TPSA) is 93.8 Å². The van der Waals surface area contributed by atoms with E-state index in [4.69, 9.17) is 9.15 Å². The fraction of sp³-hybridized carbons (Fsp3) is 0.269. The zero-order valence-electron chi connectivity index (χ0n) is 19.1. The maximum Gasteiger partial charge on any atom is 0.418 e. The van der Waals surface area contributed by atoms with E-state index in [2.05, 4.69) is 16.3 Å². The maximum atomic E-state index is 13.5. The molecule has 1 saturated heterocycles. The van der Waals surface area contributed by atoms with Gasteiger partial charge in [-0.1, -0.05) is 6.07 Å². The number of piperidine rings is 1. The highest BCUT2D eigenvalue weighted by molar-refractivity contribution is 5.93. The van der Waals surface area contributed by atoms with Gasteiger partial charge in [-0.3, -0.25) is 19.1 Å². The number of rotatable bonds is 4. The molecule has 9 heteroatoms. The molecule has 2 aromatic heterocycles. The molecule has 3 heterocycles. The van der Waals surface area contributed by atoms with Crippen LogP contribution in [0.1, 0.15) is 29.0 Å². The quantitative estimate of drug-likeness (QED) is 0.479. The van der Waals surface area contributed by atoms with Crippen LogP contribution in [0.4, 0.5) is 9.18 Å². The lowest BCUT2D eigenvalue weighted by molar-refractivity contribution is 0.0881. The summed E-state index contributed by atoms with van der Waals surface area (Å²) in [5.74, 6) is -1.14. The van der Waals surface area contributed by atoms with Crippen LogP contribution in [-0.2, 0) is 11.3 Å². The summed E-state index contributed by atoms with van der Waals surface area (Å²) in [4.78, 5) is 39.1. The number of hydrogen-bond donors (Lipinski definition) is 1. The van der Waals surface area contributed by atoms with Crippen LogP contribution in [0.3, 0.4) is 0 Å². The predicted octanol–water partition coefficient (Wildman–Crippen LogP) is 3.90. The molecule has 180 valence electrons. The molecule has 0 bridgehead atoms. The minimum Gasteiger partial charge on any atom is -0.452 e. The molecule has 0 saturated carbocycles. The largest absolute Gasteiger partial charge is 0.452 e. The first kappa shape index (κ1) is 22.8. The second-order valence-electron chi connectivity index (χ2n) is 8.69. The number of nitrogens with one attached hydrogen (secondary N) is 1. The Labute approximate surface area is 199 Å². The van der Waals surface area contributed by atoms with Gasteiger partial charge < -0.3 is 14.5 Å². The van der Waals surface area contributed by atoms with Gasteiger partial charge in [0.15, 0.2) is 11.2 Å². The van der Waals surface area contributed by atoms with E-state index in [1.807, 2.05) is 18.2 Å². The van der Waals surface area contributed by atoms with Gasteiger partial charge in [-0.2, -0.15) is 0 Å². The molecule has 1 N–H and O–H groups in total. The first-order valence-electron chi connectivity index (χ1n) is 11.4. The summed E-state index contributed by atoms with van der Waals surface area (Å²) in [5, 5.41) is 4.13. The summed E-state index contributed by atoms with van der Waals surface area (Å²) >= 11 is 0. The van der Waals surface area contributed by atoms with Crippen molar-refractivity contribution in [2.75, 3.05) is 20.2 Å². The fourth-order valence-electron chi connectivity index (χ4n) is 4.54. The van der Waals surface area contributed by atoms with Gasteiger partial charge in [0.2, 0.25) is 0 Å². The standard InChI is InChI=1S/C26H24FN3O5/c1-34-26(33)30-11-6-17-12-16(2-5-21(17)30)15-29-9-7-19(8-10-29)28-25(32)24-14-22(31)20-4-3-18(27)13-23(20)35-24/h2-6,11-14,19H,7-10,15H2,1H3,(H,28,32). The minimum atomic E-state index is -0.536. The molecule has 2 aromatic carbocycles. The van der Waals surface area contributed by atoms with Crippen molar-refractivity contribution >= 4 is 33.9 Å². The van der Waals surface area contributed by atoms with Crippen LogP contribution in [0.15, 0.2) is 63.9 Å². The third kappa shape index (κ3) is 4.67. The Morgan fingerprint density at radius 3 is 2.69 bits per heavy atom. The van der Waals surface area contributed by atoms with Gasteiger partial charge in [0, 0.05) is 49.4 Å². The molecule has 0 spiro atoms. The van der Waals surface area contributed by atoms with Crippen molar-refractivity contribution in [2.24, 2.45) is 0 Å². The number of hydrogen-bond acceptors (Lipinski definition) is 6. The average molecular weight is 477 g/mol. The second kappa shape index (κ2) is 9.34. The summed E-state index contributed by atoms with van der Waals surface area (Å²) in [6.45, 7) is 2.34. The smallest absolute Gasteiger partial charge is 0.418 e. The summed E-state index contributed by atoms with van der Waals surface area (Å²) in [5.41, 5.74) is 1.60. The fourth-order valence-corrected chi connectivity index (χ4v) is 4.54. The van der Waals surface area contributed by atoms with Crippen LogP contribution in [-0.4, -0.2) is 47.7 Å². The first-order chi connectivity index (χ1) is 16.9. The molecule has 1 fully saturated rings. The van der Waals surface area contributed by atoms with Gasteiger partial charge in [-0.05, 0) is 48.7 Å². The van der Waals surface area contributed by atoms with Crippen molar-refractivity contribution in [2.45, 2.75) is 25.4 Å². The molecule has 4 aromatic rings. The molecule has 1 amide bonds. The lowest BCUT2D eigenvalue weighted by Crippen LogP contribution is -2.44. The molecular formula is C26H24FN3O5. The Balaban J connectivity index is 1.19. The van der Waals surface area contributed by atoms with Crippen LogP contribution in [0.2, 0.25) is 0 Å². The average Bonchev–Trinajstić information content (AvgIpc) is 3.27. The summed E-state index contributed by atoms with van der Waals surface area (Å²) in [6, 6.07) is 12.6. The van der Waals surface area contributed by atoms with Crippen molar-refractivity contribution in [3.8, 4) is 0 Å². The summed E-state index contributed by atoms with van der Waals surface area (Å²) < 4.78 is 25.3. The van der Waals surface area contributed by atoms with Gasteiger partial charge >= 0.3 is 6.09 Å². The molecule has 8 nitrogen and oxygen atoms in total. The van der Waals surface area contributed by atoms with E-state index in [0.717, 1.165) is 61.1 Å². The number of ether oxygens (including phenoxy) is 1. The van der Waals surface area contributed by atoms with Gasteiger partial charge in [0.05, 0.1) is 18.0 Å². The minimum absolute atomic E-state index is 0.0520. The van der Waals surface area contributed by atoms with Gasteiger partial charge in [0.25, 0.3) is 5.91 Å². The van der Waals surface area contributed by atoms with E-state index in [1.54, 1.807) is 6.20 Å². The first-order valence-corrected chi connectivity index (χ1v) is 11.4. The number of carbonyl (C=O) groups excluding carboxylic acids is 2. The van der Waals surface area contributed by atoms with Crippen molar-refractivity contribution < 1.29 is 23.1 Å². The lowest BCUT2D eigenvalue weighted by atomic mass is 10.0. The van der Waals surface area contributed by atoms with Crippen molar-refractivity contribution in [3.63, 3.8) is 0 Å². The second-order valence-corrected chi connectivity index (χ2v) is 8.69. The highest BCUT2D eigenvalue weighted by Gasteiger charge is 2.23. The predicted molar refractivity (Wildman–Crippen MR) is 128 cm³/mol. The Morgan fingerprint density at radius 2 is 1.91 bits per heavy atom. The monoisotopic (exact) mass is 477 g/mol. The highest BCUT2D eigenvalue weighted by atomic mass is 19.1. The number of amides is 1. The number of aromatic nitrogens is 1. The van der Waals surface area contributed by atoms with Crippen LogP contribution in [0.5, 0.6) is 0 Å². The number of nitrogens with zero attached hydrogens (tertiary/aromatic N) is 2. The molecule has 5 rings (SSSR count). The lowest BCUT2D eigenvalue weighted by Gasteiger charge is -2.32. The van der Waals surface area contributed by atoms with E-state index in [-0.39, 0.29) is 28.2 Å². The number of benzene rings is 2. The van der Waals surface area contributed by atoms with Gasteiger partial charge in [-0.15, -0.1) is 0 Å². The zero-order chi connectivity index (χ0) is 24.5. The normalized spacial score (nSPS) is 14.9. The molecule has 0 unspecified atom stereocenters. The Bertz CT molecular complexity index is 1480. The van der Waals surface area contributed by atoms with E-state index in [0.29, 0.717) is 0 Å². The van der Waals surface area contributed by atoms with Crippen LogP contribution < -0.4 is 10.7 Å². The zero-order valence-corrected chi connectivity index (χ0v) is 19.1. The van der Waals surface area contributed by atoms with Gasteiger partial charge in [-0.25, -0.2) is 9.18 Å². The van der Waals surface area contributed by atoms with Crippen molar-refractivity contribution in [3.05, 3.63) is 82.1 Å². The molecular weight excluding hydrogens is 453 g/mol. The van der Waals surface area contributed by atoms with Crippen LogP contribution in [0, 0.1) is 5.82 Å². The van der Waals surface area contributed by atoms with Crippen LogP contribution in [0.25, 0.3) is 21.9 Å². The van der Waals surface area contributed by atoms with E-state index in [1.165, 1.54) is 23.8 Å². The molecule has 0 aliphatic carbocycles. The Hall–Kier alpha value is -3.98. The Kier molecular flexibility index (Phi) is 6.08. The summed E-state index contributed by atoms with van der Waals surface area (Å²) in [7, 11) is 1.35. The van der Waals surface area contributed by atoms with E-state index >= 15 is 0 Å². The SMILES string of the molecule is COC(=O)n1ccc2cc(CN3CCC(NC(=O)c4cc(=O)c5ccc(F)cc5o4)CC3)ccc21. The molecule has 0 radical (unpaired) electrons. The Morgan fingerprint density at radius 1 is 1.11 bits per heavy atom. The van der Waals surface area contributed by atoms with Crippen molar-refractivity contribution in [1.82, 2.24) is 14.8 Å². The molecule has 35 heavy (non-hydrogen) atoms. The van der Waals surface area contributed by atoms with E-state index in [9.17, 15) is 18.8 Å². The third-order valence-electron chi connectivity index (χ3n) is 6.37. The van der Waals surface area contributed by atoms with Gasteiger partial charge in [0.1, 0.15) is 11.4 Å². The summed E-state index contributed by atoms with van der Waals surface area (Å²) in [6.07, 6.45) is 2.77. The number of carbonyl (C=O) groups is 2. The van der Waals surface area contributed by atoms with E-state index < -0.39 is 17.8 Å². The number of methoxy groups -OCH3 is 1.